The molecular formula is C7H15NO2SSi. The van der Waals surface area contributed by atoms with Crippen molar-refractivity contribution in [1.82, 2.24) is 4.31 Å². The molecule has 0 amide bonds. The highest BCUT2D eigenvalue weighted by Crippen LogP contribution is 1.98. The van der Waals surface area contributed by atoms with Gasteiger partial charge in [0.15, 0.2) is 0 Å². The van der Waals surface area contributed by atoms with Crippen LogP contribution in [0.2, 0.25) is 19.6 Å². The molecule has 0 heterocycles. The predicted octanol–water partition coefficient (Wildman–Crippen LogP) is 0.716. The SMILES string of the molecule is CN(C)S(=O)(=O)C#C[Si](C)(C)C. The Hall–Kier alpha value is -0.313. The smallest absolute Gasteiger partial charge is 0.198 e. The van der Waals surface area contributed by atoms with E-state index in [1.54, 1.807) is 0 Å². The molecule has 0 saturated carbocycles. The molecule has 0 fully saturated rings. The highest BCUT2D eigenvalue weighted by atomic mass is 32.2. The summed E-state index contributed by atoms with van der Waals surface area (Å²) in [6.45, 7) is 6.02. The van der Waals surface area contributed by atoms with E-state index in [9.17, 15) is 8.42 Å². The minimum atomic E-state index is -3.32. The Kier molecular flexibility index (Phi) is 3.51. The zero-order valence-corrected chi connectivity index (χ0v) is 9.99. The molecule has 0 radical (unpaired) electrons. The van der Waals surface area contributed by atoms with Crippen LogP contribution in [0.15, 0.2) is 0 Å². The van der Waals surface area contributed by atoms with Crippen LogP contribution in [0.4, 0.5) is 0 Å². The maximum atomic E-state index is 11.2. The van der Waals surface area contributed by atoms with E-state index in [2.05, 4.69) is 10.8 Å². The van der Waals surface area contributed by atoms with Crippen LogP contribution in [-0.2, 0) is 10.0 Å². The average molecular weight is 205 g/mol. The van der Waals surface area contributed by atoms with E-state index in [-0.39, 0.29) is 0 Å². The van der Waals surface area contributed by atoms with Gasteiger partial charge in [-0.2, -0.15) is 12.7 Å². The van der Waals surface area contributed by atoms with Gasteiger partial charge in [0.2, 0.25) is 0 Å². The van der Waals surface area contributed by atoms with E-state index < -0.39 is 18.1 Å². The molecule has 0 bridgehead atoms. The Morgan fingerprint density at radius 3 is 1.83 bits per heavy atom. The molecule has 0 N–H and O–H groups in total. The molecule has 0 rings (SSSR count). The van der Waals surface area contributed by atoms with Gasteiger partial charge < -0.3 is 0 Å². The lowest BCUT2D eigenvalue weighted by Gasteiger charge is -2.06. The average Bonchev–Trinajstić information content (AvgIpc) is 1.82. The fourth-order valence-corrected chi connectivity index (χ4v) is 2.23. The molecular weight excluding hydrogens is 190 g/mol. The first-order chi connectivity index (χ1) is 5.15. The van der Waals surface area contributed by atoms with Gasteiger partial charge in [-0.05, 0) is 0 Å². The number of nitrogens with zero attached hydrogens (tertiary/aromatic N) is 1. The molecule has 70 valence electrons. The molecule has 3 nitrogen and oxygen atoms in total. The van der Waals surface area contributed by atoms with Crippen LogP contribution in [0.25, 0.3) is 0 Å². The monoisotopic (exact) mass is 205 g/mol. The summed E-state index contributed by atoms with van der Waals surface area (Å²) < 4.78 is 23.4. The van der Waals surface area contributed by atoms with Gasteiger partial charge in [-0.15, -0.1) is 5.54 Å². The van der Waals surface area contributed by atoms with Crippen molar-refractivity contribution in [2.24, 2.45) is 0 Å². The summed E-state index contributed by atoms with van der Waals surface area (Å²) in [6.07, 6.45) is 0. The van der Waals surface area contributed by atoms with Crippen molar-refractivity contribution in [2.45, 2.75) is 19.6 Å². The van der Waals surface area contributed by atoms with Crippen molar-refractivity contribution in [3.8, 4) is 10.8 Å². The second-order valence-electron chi connectivity index (χ2n) is 3.76. The quantitative estimate of drug-likeness (QED) is 0.467. The highest BCUT2D eigenvalue weighted by molar-refractivity contribution is 7.93. The van der Waals surface area contributed by atoms with Gasteiger partial charge in [-0.1, -0.05) is 19.6 Å². The number of sulfonamides is 1. The number of hydrogen-bond donors (Lipinski definition) is 0. The summed E-state index contributed by atoms with van der Waals surface area (Å²) in [5.41, 5.74) is 2.80. The normalized spacial score (nSPS) is 12.5. The van der Waals surface area contributed by atoms with Crippen LogP contribution >= 0.6 is 0 Å². The predicted molar refractivity (Wildman–Crippen MR) is 53.7 cm³/mol. The van der Waals surface area contributed by atoms with Crippen LogP contribution < -0.4 is 0 Å². The van der Waals surface area contributed by atoms with Crippen molar-refractivity contribution in [1.29, 1.82) is 0 Å². The van der Waals surface area contributed by atoms with Gasteiger partial charge >= 0.3 is 0 Å². The van der Waals surface area contributed by atoms with Crippen molar-refractivity contribution in [3.63, 3.8) is 0 Å². The van der Waals surface area contributed by atoms with E-state index >= 15 is 0 Å². The molecule has 0 unspecified atom stereocenters. The Bertz CT molecular complexity index is 303. The lowest BCUT2D eigenvalue weighted by atomic mass is 11.3. The van der Waals surface area contributed by atoms with Gasteiger partial charge in [-0.25, -0.2) is 0 Å². The van der Waals surface area contributed by atoms with Gasteiger partial charge in [0.05, 0.1) is 0 Å². The van der Waals surface area contributed by atoms with E-state index in [4.69, 9.17) is 0 Å². The van der Waals surface area contributed by atoms with Gasteiger partial charge in [0.1, 0.15) is 8.07 Å². The maximum Gasteiger partial charge on any atom is 0.281 e. The second kappa shape index (κ2) is 3.60. The van der Waals surface area contributed by atoms with Crippen LogP contribution in [0.5, 0.6) is 0 Å². The summed E-state index contributed by atoms with van der Waals surface area (Å²) in [5, 5.41) is 2.31. The lowest BCUT2D eigenvalue weighted by Crippen LogP contribution is -2.22. The van der Waals surface area contributed by atoms with Crippen molar-refractivity contribution in [2.75, 3.05) is 14.1 Å². The fourth-order valence-electron chi connectivity index (χ4n) is 0.309. The summed E-state index contributed by atoms with van der Waals surface area (Å²) in [5.74, 6) is 0. The lowest BCUT2D eigenvalue weighted by molar-refractivity contribution is 0.533. The molecule has 5 heteroatoms. The Balaban J connectivity index is 4.76. The summed E-state index contributed by atoms with van der Waals surface area (Å²) in [4.78, 5) is 0. The molecule has 0 aliphatic rings. The molecule has 12 heavy (non-hydrogen) atoms. The van der Waals surface area contributed by atoms with Gasteiger partial charge in [-0.3, -0.25) is 0 Å². The van der Waals surface area contributed by atoms with Crippen LogP contribution in [0.3, 0.4) is 0 Å². The standard InChI is InChI=1S/C7H15NO2SSi/c1-8(2)11(9,10)6-7-12(3,4)5/h1-5H3. The van der Waals surface area contributed by atoms with E-state index in [1.807, 2.05) is 19.6 Å². The first-order valence-corrected chi connectivity index (χ1v) is 8.55. The molecule has 0 atom stereocenters. The molecule has 0 aromatic carbocycles. The third kappa shape index (κ3) is 4.54. The zero-order chi connectivity index (χ0) is 9.99. The molecule has 0 spiro atoms. The Morgan fingerprint density at radius 1 is 1.17 bits per heavy atom. The first kappa shape index (κ1) is 11.7. The zero-order valence-electron chi connectivity index (χ0n) is 8.17. The summed E-state index contributed by atoms with van der Waals surface area (Å²) >= 11 is 0. The third-order valence-corrected chi connectivity index (χ3v) is 3.41. The summed E-state index contributed by atoms with van der Waals surface area (Å²) in [7, 11) is -1.94. The highest BCUT2D eigenvalue weighted by Gasteiger charge is 2.12. The topological polar surface area (TPSA) is 37.4 Å². The minimum absolute atomic E-state index is 1.13. The fraction of sp³-hybridized carbons (Fsp3) is 0.714. The first-order valence-electron chi connectivity index (χ1n) is 3.61. The largest absolute Gasteiger partial charge is 0.281 e. The number of hydrogen-bond acceptors (Lipinski definition) is 2. The molecule has 0 aliphatic carbocycles. The minimum Gasteiger partial charge on any atom is -0.198 e. The maximum absolute atomic E-state index is 11.2. The molecule has 0 aliphatic heterocycles. The van der Waals surface area contributed by atoms with Crippen molar-refractivity contribution in [3.05, 3.63) is 0 Å². The van der Waals surface area contributed by atoms with E-state index in [0.29, 0.717) is 0 Å². The van der Waals surface area contributed by atoms with Crippen molar-refractivity contribution < 1.29 is 8.42 Å². The molecule has 0 aromatic heterocycles. The third-order valence-electron chi connectivity index (χ3n) is 1.04. The van der Waals surface area contributed by atoms with E-state index in [1.165, 1.54) is 14.1 Å². The van der Waals surface area contributed by atoms with Crippen LogP contribution in [-0.4, -0.2) is 34.9 Å². The molecule has 0 aromatic rings. The van der Waals surface area contributed by atoms with Crippen molar-refractivity contribution >= 4 is 18.1 Å². The van der Waals surface area contributed by atoms with Gasteiger partial charge in [0.25, 0.3) is 10.0 Å². The van der Waals surface area contributed by atoms with Crippen LogP contribution in [0.1, 0.15) is 0 Å². The Labute approximate surface area is 75.8 Å². The van der Waals surface area contributed by atoms with E-state index in [0.717, 1.165) is 4.31 Å². The molecule has 0 saturated heterocycles. The number of rotatable bonds is 1. The van der Waals surface area contributed by atoms with Gasteiger partial charge in [0, 0.05) is 19.3 Å². The summed E-state index contributed by atoms with van der Waals surface area (Å²) in [6, 6.07) is 0. The van der Waals surface area contributed by atoms with Crippen LogP contribution in [0, 0.1) is 10.8 Å². The Morgan fingerprint density at radius 2 is 1.58 bits per heavy atom. The second-order valence-corrected chi connectivity index (χ2v) is 10.4.